The Labute approximate surface area is 155 Å². The van der Waals surface area contributed by atoms with Crippen molar-refractivity contribution in [1.82, 2.24) is 9.78 Å². The van der Waals surface area contributed by atoms with Gasteiger partial charge in [-0.1, -0.05) is 54.1 Å². The highest BCUT2D eigenvalue weighted by Gasteiger charge is 2.11. The largest absolute Gasteiger partial charge is 0.491 e. The van der Waals surface area contributed by atoms with Crippen molar-refractivity contribution in [3.05, 3.63) is 73.8 Å². The molecule has 0 aliphatic carbocycles. The van der Waals surface area contributed by atoms with Gasteiger partial charge in [0.2, 0.25) is 0 Å². The number of halogens is 1. The maximum Gasteiger partial charge on any atom is 0.329 e. The molecule has 1 atom stereocenters. The molecular formula is C19H19ClN2O2S. The summed E-state index contributed by atoms with van der Waals surface area (Å²) in [5.41, 5.74) is 1.69. The van der Waals surface area contributed by atoms with E-state index >= 15 is 0 Å². The van der Waals surface area contributed by atoms with Crippen LogP contribution < -0.4 is 9.61 Å². The monoisotopic (exact) mass is 374 g/mol. The third-order valence-electron chi connectivity index (χ3n) is 3.86. The lowest BCUT2D eigenvalue weighted by Crippen LogP contribution is -2.12. The number of ether oxygens (including phenoxy) is 1. The molecule has 0 saturated carbocycles. The fraction of sp³-hybridized carbons (Fsp3) is 0.263. The van der Waals surface area contributed by atoms with Crippen LogP contribution in [0.15, 0.2) is 53.3 Å². The molecule has 0 bridgehead atoms. The van der Waals surface area contributed by atoms with Crippen LogP contribution in [0.25, 0.3) is 5.69 Å². The standard InChI is InChI=1S/C19H19ClN2O2S/c1-3-13(2)24-15-10-8-14(9-11-15)12-18-21-22(19(23)25-18)17-7-5-4-6-16(17)20/h4-11,13H,3,12H2,1-2H3. The molecule has 3 aromatic rings. The van der Waals surface area contributed by atoms with Crippen LogP contribution >= 0.6 is 22.9 Å². The normalized spacial score (nSPS) is 12.1. The zero-order valence-electron chi connectivity index (χ0n) is 14.1. The Kier molecular flexibility index (Phi) is 5.56. The summed E-state index contributed by atoms with van der Waals surface area (Å²) in [5, 5.41) is 5.69. The van der Waals surface area contributed by atoms with Crippen molar-refractivity contribution in [3.8, 4) is 11.4 Å². The smallest absolute Gasteiger partial charge is 0.329 e. The Morgan fingerprint density at radius 2 is 1.92 bits per heavy atom. The van der Waals surface area contributed by atoms with E-state index in [1.807, 2.05) is 43.3 Å². The Balaban J connectivity index is 1.77. The molecule has 0 aliphatic heterocycles. The van der Waals surface area contributed by atoms with E-state index in [9.17, 15) is 4.79 Å². The highest BCUT2D eigenvalue weighted by Crippen LogP contribution is 2.20. The first-order valence-electron chi connectivity index (χ1n) is 8.16. The molecule has 25 heavy (non-hydrogen) atoms. The maximum absolute atomic E-state index is 12.2. The summed E-state index contributed by atoms with van der Waals surface area (Å²) in [6.07, 6.45) is 1.76. The van der Waals surface area contributed by atoms with E-state index in [2.05, 4.69) is 12.0 Å². The average molecular weight is 375 g/mol. The van der Waals surface area contributed by atoms with Gasteiger partial charge in [0, 0.05) is 6.42 Å². The zero-order chi connectivity index (χ0) is 17.8. The molecule has 0 amide bonds. The van der Waals surface area contributed by atoms with E-state index in [1.54, 1.807) is 12.1 Å². The van der Waals surface area contributed by atoms with Gasteiger partial charge in [-0.3, -0.25) is 4.79 Å². The van der Waals surface area contributed by atoms with Crippen LogP contribution in [0.5, 0.6) is 5.75 Å². The predicted octanol–water partition coefficient (Wildman–Crippen LogP) is 4.72. The second-order valence-electron chi connectivity index (χ2n) is 5.78. The van der Waals surface area contributed by atoms with Gasteiger partial charge in [0.05, 0.1) is 16.8 Å². The fourth-order valence-electron chi connectivity index (χ4n) is 2.34. The van der Waals surface area contributed by atoms with Crippen molar-refractivity contribution in [3.63, 3.8) is 0 Å². The quantitative estimate of drug-likeness (QED) is 0.627. The van der Waals surface area contributed by atoms with E-state index in [4.69, 9.17) is 16.3 Å². The first-order valence-corrected chi connectivity index (χ1v) is 9.35. The molecule has 4 nitrogen and oxygen atoms in total. The summed E-state index contributed by atoms with van der Waals surface area (Å²) >= 11 is 7.30. The number of aromatic nitrogens is 2. The van der Waals surface area contributed by atoms with Gasteiger partial charge >= 0.3 is 4.87 Å². The molecule has 1 aromatic heterocycles. The molecule has 0 saturated heterocycles. The SMILES string of the molecule is CCC(C)Oc1ccc(Cc2nn(-c3ccccc3Cl)c(=O)s2)cc1. The summed E-state index contributed by atoms with van der Waals surface area (Å²) in [5.74, 6) is 0.855. The third kappa shape index (κ3) is 4.30. The summed E-state index contributed by atoms with van der Waals surface area (Å²) in [6, 6.07) is 15.1. The first-order chi connectivity index (χ1) is 12.1. The molecule has 0 spiro atoms. The van der Waals surface area contributed by atoms with Crippen molar-refractivity contribution in [2.45, 2.75) is 32.8 Å². The van der Waals surface area contributed by atoms with E-state index in [1.165, 1.54) is 4.68 Å². The van der Waals surface area contributed by atoms with Gasteiger partial charge in [-0.05, 0) is 43.2 Å². The minimum atomic E-state index is -0.139. The number of benzene rings is 2. The predicted molar refractivity (Wildman–Crippen MR) is 102 cm³/mol. The van der Waals surface area contributed by atoms with Gasteiger partial charge in [-0.25, -0.2) is 0 Å². The number of rotatable bonds is 6. The molecule has 1 heterocycles. The lowest BCUT2D eigenvalue weighted by molar-refractivity contribution is 0.217. The number of para-hydroxylation sites is 1. The van der Waals surface area contributed by atoms with Gasteiger partial charge in [0.25, 0.3) is 0 Å². The van der Waals surface area contributed by atoms with Gasteiger partial charge in [-0.15, -0.1) is 0 Å². The zero-order valence-corrected chi connectivity index (χ0v) is 15.7. The second-order valence-corrected chi connectivity index (χ2v) is 7.21. The maximum atomic E-state index is 12.2. The summed E-state index contributed by atoms with van der Waals surface area (Å²) in [7, 11) is 0. The van der Waals surface area contributed by atoms with Crippen molar-refractivity contribution >= 4 is 22.9 Å². The molecule has 2 aromatic carbocycles. The molecular weight excluding hydrogens is 356 g/mol. The molecule has 6 heteroatoms. The highest BCUT2D eigenvalue weighted by atomic mass is 35.5. The lowest BCUT2D eigenvalue weighted by atomic mass is 10.1. The van der Waals surface area contributed by atoms with Crippen molar-refractivity contribution in [2.24, 2.45) is 0 Å². The molecule has 0 fully saturated rings. The molecule has 130 valence electrons. The second kappa shape index (κ2) is 7.85. The first kappa shape index (κ1) is 17.7. The van der Waals surface area contributed by atoms with Crippen LogP contribution in [0.2, 0.25) is 5.02 Å². The van der Waals surface area contributed by atoms with Gasteiger partial charge < -0.3 is 4.74 Å². The van der Waals surface area contributed by atoms with Crippen molar-refractivity contribution in [1.29, 1.82) is 0 Å². The molecule has 0 N–H and O–H groups in total. The van der Waals surface area contributed by atoms with E-state index in [0.717, 1.165) is 34.1 Å². The Bertz CT molecular complexity index is 902. The van der Waals surface area contributed by atoms with Crippen LogP contribution in [0.4, 0.5) is 0 Å². The van der Waals surface area contributed by atoms with Crippen LogP contribution in [-0.2, 0) is 6.42 Å². The fourth-order valence-corrected chi connectivity index (χ4v) is 3.34. The van der Waals surface area contributed by atoms with E-state index in [-0.39, 0.29) is 11.0 Å². The van der Waals surface area contributed by atoms with Gasteiger partial charge in [0.1, 0.15) is 10.8 Å². The van der Waals surface area contributed by atoms with Crippen LogP contribution in [-0.4, -0.2) is 15.9 Å². The topological polar surface area (TPSA) is 44.1 Å². The summed E-state index contributed by atoms with van der Waals surface area (Å²) < 4.78 is 7.14. The Hall–Kier alpha value is -2.11. The minimum Gasteiger partial charge on any atom is -0.491 e. The average Bonchev–Trinajstić information content (AvgIpc) is 2.97. The lowest BCUT2D eigenvalue weighted by Gasteiger charge is -2.12. The van der Waals surface area contributed by atoms with E-state index in [0.29, 0.717) is 17.1 Å². The Morgan fingerprint density at radius 1 is 1.20 bits per heavy atom. The molecule has 0 radical (unpaired) electrons. The third-order valence-corrected chi connectivity index (χ3v) is 4.99. The van der Waals surface area contributed by atoms with Crippen LogP contribution in [0.1, 0.15) is 30.8 Å². The van der Waals surface area contributed by atoms with Gasteiger partial charge in [-0.2, -0.15) is 9.78 Å². The number of hydrogen-bond acceptors (Lipinski definition) is 4. The van der Waals surface area contributed by atoms with Gasteiger partial charge in [0.15, 0.2) is 0 Å². The minimum absolute atomic E-state index is 0.139. The molecule has 3 rings (SSSR count). The summed E-state index contributed by atoms with van der Waals surface area (Å²) in [4.78, 5) is 12.1. The number of hydrogen-bond donors (Lipinski definition) is 0. The summed E-state index contributed by atoms with van der Waals surface area (Å²) in [6.45, 7) is 4.14. The highest BCUT2D eigenvalue weighted by molar-refractivity contribution is 7.08. The number of nitrogens with zero attached hydrogens (tertiary/aromatic N) is 2. The van der Waals surface area contributed by atoms with Crippen molar-refractivity contribution < 1.29 is 4.74 Å². The van der Waals surface area contributed by atoms with Crippen LogP contribution in [0.3, 0.4) is 0 Å². The molecule has 0 aliphatic rings. The van der Waals surface area contributed by atoms with E-state index < -0.39 is 0 Å². The Morgan fingerprint density at radius 3 is 2.60 bits per heavy atom. The molecule has 1 unspecified atom stereocenters. The van der Waals surface area contributed by atoms with Crippen molar-refractivity contribution in [2.75, 3.05) is 0 Å². The van der Waals surface area contributed by atoms with Crippen LogP contribution in [0, 0.1) is 0 Å².